The largest absolute Gasteiger partial charge is 0.456 e. The fraction of sp³-hybridized carbons (Fsp3) is 0.450. The SMILES string of the molecule is [3H]CC1(CO)CCN(C(=O)CCCCCNC(=O)c2ccc3c(c2)C2(OC3=O)c3ccc(C)cc3Oc3cc(OC(=O)C(C)(C)C)ccc32)CC1. The number of hydrogen-bond donors (Lipinski definition) is 2. The van der Waals surface area contributed by atoms with Crippen LogP contribution in [0.25, 0.3) is 0 Å². The highest BCUT2D eigenvalue weighted by molar-refractivity contribution is 6.00. The number of esters is 2. The number of unbranched alkanes of at least 4 members (excludes halogenated alkanes) is 2. The number of hydrogen-bond acceptors (Lipinski definition) is 8. The van der Waals surface area contributed by atoms with E-state index in [0.717, 1.165) is 12.0 Å². The fourth-order valence-electron chi connectivity index (χ4n) is 6.70. The molecule has 264 valence electrons. The predicted molar refractivity (Wildman–Crippen MR) is 186 cm³/mol. The first-order valence-corrected chi connectivity index (χ1v) is 17.3. The van der Waals surface area contributed by atoms with Crippen LogP contribution in [0.3, 0.4) is 0 Å². The lowest BCUT2D eigenvalue weighted by molar-refractivity contribution is -0.143. The molecular formula is C40H46N2O8. The topological polar surface area (TPSA) is 131 Å². The first-order chi connectivity index (χ1) is 24.3. The Hall–Kier alpha value is -4.70. The summed E-state index contributed by atoms with van der Waals surface area (Å²) in [5.74, 6) is 0.0214. The minimum absolute atomic E-state index is 0.0161. The number of nitrogens with one attached hydrogen (secondary N) is 1. The van der Waals surface area contributed by atoms with Crippen molar-refractivity contribution in [1.82, 2.24) is 10.2 Å². The standard InChI is InChI=1S/C40H46N2O8/c1-25-10-14-29-32(21-25)49-33-23-27(48-37(47)38(2,3)4)12-15-30(33)40(29)31-22-26(11-13-28(31)36(46)50-40)35(45)41-18-8-6-7-9-34(44)42-19-16-39(5,24-43)17-20-42/h10-15,21-23,43H,6-9,16-20,24H2,1-5H3,(H,41,45)/i5T. The van der Waals surface area contributed by atoms with Crippen LogP contribution in [0.4, 0.5) is 0 Å². The van der Waals surface area contributed by atoms with E-state index in [1.807, 2.05) is 30.0 Å². The molecule has 1 atom stereocenters. The zero-order chi connectivity index (χ0) is 36.6. The lowest BCUT2D eigenvalue weighted by Crippen LogP contribution is -2.43. The third kappa shape index (κ3) is 6.73. The number of amides is 2. The molecule has 3 aromatic carbocycles. The normalized spacial score (nSPS) is 19.0. The molecule has 50 heavy (non-hydrogen) atoms. The summed E-state index contributed by atoms with van der Waals surface area (Å²) in [4.78, 5) is 54.0. The van der Waals surface area contributed by atoms with Gasteiger partial charge in [-0.2, -0.15) is 0 Å². The maximum absolute atomic E-state index is 13.4. The maximum atomic E-state index is 13.4. The quantitative estimate of drug-likeness (QED) is 0.150. The van der Waals surface area contributed by atoms with Crippen LogP contribution in [0.15, 0.2) is 54.6 Å². The van der Waals surface area contributed by atoms with Gasteiger partial charge in [0.1, 0.15) is 17.2 Å². The highest BCUT2D eigenvalue weighted by atomic mass is 16.6. The molecule has 1 unspecified atom stereocenters. The van der Waals surface area contributed by atoms with Gasteiger partial charge in [-0.15, -0.1) is 0 Å². The molecule has 1 saturated heterocycles. The van der Waals surface area contributed by atoms with Gasteiger partial charge < -0.3 is 29.5 Å². The molecule has 3 aliphatic heterocycles. The number of ether oxygens (including phenoxy) is 3. The van der Waals surface area contributed by atoms with E-state index in [-0.39, 0.29) is 30.7 Å². The van der Waals surface area contributed by atoms with Crippen molar-refractivity contribution in [2.45, 2.75) is 78.7 Å². The number of carbonyl (C=O) groups is 4. The van der Waals surface area contributed by atoms with Crippen molar-refractivity contribution in [2.24, 2.45) is 10.8 Å². The molecule has 6 rings (SSSR count). The summed E-state index contributed by atoms with van der Waals surface area (Å²) in [7, 11) is 0. The van der Waals surface area contributed by atoms with Crippen molar-refractivity contribution in [1.29, 1.82) is 0 Å². The zero-order valence-corrected chi connectivity index (χ0v) is 29.2. The molecule has 3 aromatic rings. The average Bonchev–Trinajstić information content (AvgIpc) is 3.40. The molecule has 1 spiro atoms. The summed E-state index contributed by atoms with van der Waals surface area (Å²) in [6.45, 7) is 8.97. The lowest BCUT2D eigenvalue weighted by atomic mass is 9.77. The Morgan fingerprint density at radius 2 is 1.68 bits per heavy atom. The van der Waals surface area contributed by atoms with Crippen LogP contribution in [-0.2, 0) is 19.9 Å². The van der Waals surface area contributed by atoms with Gasteiger partial charge in [-0.3, -0.25) is 14.4 Å². The summed E-state index contributed by atoms with van der Waals surface area (Å²) in [6, 6.07) is 15.6. The number of rotatable bonds is 9. The highest BCUT2D eigenvalue weighted by Crippen LogP contribution is 2.56. The van der Waals surface area contributed by atoms with Crippen LogP contribution < -0.4 is 14.8 Å². The monoisotopic (exact) mass is 684 g/mol. The van der Waals surface area contributed by atoms with Crippen LogP contribution in [0.5, 0.6) is 17.2 Å². The van der Waals surface area contributed by atoms with E-state index < -0.39 is 23.0 Å². The molecule has 3 aliphatic rings. The summed E-state index contributed by atoms with van der Waals surface area (Å²) in [5, 5.41) is 12.6. The first-order valence-electron chi connectivity index (χ1n) is 18.0. The van der Waals surface area contributed by atoms with Crippen LogP contribution >= 0.6 is 0 Å². The number of benzene rings is 3. The molecule has 0 radical (unpaired) electrons. The number of likely N-dealkylation sites (tertiary alicyclic amines) is 1. The smallest absolute Gasteiger partial charge is 0.340 e. The minimum atomic E-state index is -1.40. The summed E-state index contributed by atoms with van der Waals surface area (Å²) >= 11 is 0. The number of nitrogens with zero attached hydrogens (tertiary/aromatic N) is 1. The molecule has 10 heteroatoms. The van der Waals surface area contributed by atoms with Crippen molar-refractivity contribution >= 4 is 23.8 Å². The van der Waals surface area contributed by atoms with Crippen molar-refractivity contribution in [3.8, 4) is 17.2 Å². The first kappa shape index (κ1) is 33.8. The van der Waals surface area contributed by atoms with Crippen molar-refractivity contribution < 1.29 is 39.9 Å². The molecule has 0 bridgehead atoms. The highest BCUT2D eigenvalue weighted by Gasteiger charge is 2.54. The molecule has 2 N–H and O–H groups in total. The van der Waals surface area contributed by atoms with E-state index >= 15 is 0 Å². The van der Waals surface area contributed by atoms with Gasteiger partial charge in [-0.1, -0.05) is 25.5 Å². The Morgan fingerprint density at radius 3 is 2.38 bits per heavy atom. The van der Waals surface area contributed by atoms with Gasteiger partial charge in [0, 0.05) is 62.4 Å². The molecule has 3 heterocycles. The third-order valence-electron chi connectivity index (χ3n) is 9.88. The number of aryl methyl sites for hydroxylation is 1. The number of fused-ring (bicyclic) bond motifs is 6. The van der Waals surface area contributed by atoms with Crippen LogP contribution in [0.2, 0.25) is 0 Å². The number of aliphatic hydroxyl groups excluding tert-OH is 1. The molecule has 1 fully saturated rings. The Balaban J connectivity index is 1.15. The molecular weight excluding hydrogens is 636 g/mol. The van der Waals surface area contributed by atoms with E-state index in [9.17, 15) is 24.3 Å². The lowest BCUT2D eigenvalue weighted by Gasteiger charge is -2.38. The van der Waals surface area contributed by atoms with Gasteiger partial charge in [0.15, 0.2) is 5.60 Å². The number of carbonyl (C=O) groups excluding carboxylic acids is 4. The zero-order valence-electron chi connectivity index (χ0n) is 30.2. The van der Waals surface area contributed by atoms with Gasteiger partial charge in [0.05, 0.1) is 11.0 Å². The van der Waals surface area contributed by atoms with E-state index in [4.69, 9.17) is 15.6 Å². The average molecular weight is 685 g/mol. The summed E-state index contributed by atoms with van der Waals surface area (Å²) in [6.07, 6.45) is 3.89. The molecule has 0 aromatic heterocycles. The van der Waals surface area contributed by atoms with Crippen molar-refractivity contribution in [2.75, 3.05) is 26.2 Å². The Morgan fingerprint density at radius 1 is 0.960 bits per heavy atom. The molecule has 0 saturated carbocycles. The molecule has 0 aliphatic carbocycles. The molecule has 10 nitrogen and oxygen atoms in total. The minimum Gasteiger partial charge on any atom is -0.456 e. The van der Waals surface area contributed by atoms with Crippen LogP contribution in [0, 0.1) is 17.8 Å². The number of aliphatic hydroxyl groups is 1. The van der Waals surface area contributed by atoms with Gasteiger partial charge in [0.25, 0.3) is 5.91 Å². The van der Waals surface area contributed by atoms with Crippen LogP contribution in [-0.4, -0.2) is 60.0 Å². The van der Waals surface area contributed by atoms with E-state index in [0.29, 0.717) is 96.8 Å². The Bertz CT molecular complexity index is 1850. The summed E-state index contributed by atoms with van der Waals surface area (Å²) in [5.41, 5.74) is 0.831. The second-order valence-electron chi connectivity index (χ2n) is 14.8. The second-order valence-corrected chi connectivity index (χ2v) is 14.8. The third-order valence-corrected chi connectivity index (χ3v) is 9.88. The van der Waals surface area contributed by atoms with Gasteiger partial charge >= 0.3 is 11.9 Å². The van der Waals surface area contributed by atoms with E-state index in [2.05, 4.69) is 5.32 Å². The van der Waals surface area contributed by atoms with E-state index in [1.54, 1.807) is 57.2 Å². The molecule has 2 amide bonds. The van der Waals surface area contributed by atoms with Gasteiger partial charge in [0.2, 0.25) is 5.91 Å². The predicted octanol–water partition coefficient (Wildman–Crippen LogP) is 6.43. The second kappa shape index (κ2) is 13.5. The van der Waals surface area contributed by atoms with Gasteiger partial charge in [-0.05, 0) is 101 Å². The maximum Gasteiger partial charge on any atom is 0.340 e. The van der Waals surface area contributed by atoms with Gasteiger partial charge in [-0.25, -0.2) is 4.79 Å². The van der Waals surface area contributed by atoms with Crippen LogP contribution in [0.1, 0.15) is 111 Å². The van der Waals surface area contributed by atoms with Crippen molar-refractivity contribution in [3.63, 3.8) is 0 Å². The fourth-order valence-corrected chi connectivity index (χ4v) is 6.70. The summed E-state index contributed by atoms with van der Waals surface area (Å²) < 4.78 is 26.0. The van der Waals surface area contributed by atoms with Crippen molar-refractivity contribution in [3.05, 3.63) is 88.0 Å². The van der Waals surface area contributed by atoms with E-state index in [1.165, 1.54) is 0 Å². The number of piperidine rings is 1. The Kier molecular flexibility index (Phi) is 9.15. The Labute approximate surface area is 294 Å².